The first-order chi connectivity index (χ1) is 17.0. The molecule has 1 atom stereocenters. The molecule has 10 nitrogen and oxygen atoms in total. The van der Waals surface area contributed by atoms with E-state index in [4.69, 9.17) is 26.8 Å². The van der Waals surface area contributed by atoms with Crippen molar-refractivity contribution in [2.45, 2.75) is 32.2 Å². The number of carbonyl (C=O) groups excluding carboxylic acids is 1. The van der Waals surface area contributed by atoms with Crippen molar-refractivity contribution in [2.24, 2.45) is 0 Å². The largest absolute Gasteiger partial charge is 0.481 e. The lowest BCUT2D eigenvalue weighted by Crippen LogP contribution is -2.27. The first-order valence-electron chi connectivity index (χ1n) is 10.5. The van der Waals surface area contributed by atoms with Crippen molar-refractivity contribution >= 4 is 29.0 Å². The zero-order valence-corrected chi connectivity index (χ0v) is 20.1. The Morgan fingerprint density at radius 1 is 1.08 bits per heavy atom. The number of aromatic nitrogens is 4. The van der Waals surface area contributed by atoms with Crippen molar-refractivity contribution in [1.82, 2.24) is 24.8 Å². The Morgan fingerprint density at radius 2 is 1.75 bits per heavy atom. The highest BCUT2D eigenvalue weighted by Crippen LogP contribution is 2.35. The van der Waals surface area contributed by atoms with E-state index in [1.165, 1.54) is 31.3 Å². The predicted molar refractivity (Wildman–Crippen MR) is 124 cm³/mol. The molecule has 190 valence electrons. The molecule has 0 aliphatic carbocycles. The van der Waals surface area contributed by atoms with Crippen molar-refractivity contribution in [3.8, 4) is 11.8 Å². The summed E-state index contributed by atoms with van der Waals surface area (Å²) in [5.74, 6) is -0.0538. The van der Waals surface area contributed by atoms with Gasteiger partial charge in [0.1, 0.15) is 5.82 Å². The maximum absolute atomic E-state index is 13.2. The molecule has 0 saturated heterocycles. The lowest BCUT2D eigenvalue weighted by Gasteiger charge is -2.19. The van der Waals surface area contributed by atoms with Gasteiger partial charge in [-0.1, -0.05) is 0 Å². The molecular formula is C22H21ClF3N7O3. The summed E-state index contributed by atoms with van der Waals surface area (Å²) in [6, 6.07) is 4.14. The summed E-state index contributed by atoms with van der Waals surface area (Å²) in [6.07, 6.45) is -4.55. The van der Waals surface area contributed by atoms with Gasteiger partial charge in [-0.05, 0) is 42.3 Å². The van der Waals surface area contributed by atoms with Gasteiger partial charge in [-0.25, -0.2) is 9.97 Å². The van der Waals surface area contributed by atoms with Crippen LogP contribution in [0.2, 0.25) is 5.28 Å². The van der Waals surface area contributed by atoms with Crippen LogP contribution in [0.5, 0.6) is 11.8 Å². The Morgan fingerprint density at radius 3 is 2.36 bits per heavy atom. The molecule has 0 radical (unpaired) electrons. The zero-order valence-electron chi connectivity index (χ0n) is 19.4. The van der Waals surface area contributed by atoms with Crippen LogP contribution in [0, 0.1) is 0 Å². The van der Waals surface area contributed by atoms with E-state index in [0.29, 0.717) is 16.8 Å². The van der Waals surface area contributed by atoms with Gasteiger partial charge in [0.15, 0.2) is 0 Å². The topological polar surface area (TPSA) is 128 Å². The fourth-order valence-electron chi connectivity index (χ4n) is 3.72. The minimum absolute atomic E-state index is 0.0232. The lowest BCUT2D eigenvalue weighted by molar-refractivity contribution is -0.137. The molecule has 3 heterocycles. The smallest absolute Gasteiger partial charge is 0.416 e. The maximum atomic E-state index is 13.2. The number of benzene rings is 1. The van der Waals surface area contributed by atoms with Crippen molar-refractivity contribution < 1.29 is 27.4 Å². The van der Waals surface area contributed by atoms with Gasteiger partial charge in [0, 0.05) is 11.3 Å². The van der Waals surface area contributed by atoms with E-state index in [2.05, 4.69) is 25.3 Å². The van der Waals surface area contributed by atoms with Crippen LogP contribution in [-0.2, 0) is 19.3 Å². The molecule has 1 amide bonds. The van der Waals surface area contributed by atoms with E-state index in [9.17, 15) is 18.0 Å². The molecule has 3 aromatic rings. The maximum Gasteiger partial charge on any atom is 0.416 e. The number of halogens is 4. The Balaban J connectivity index is 1.60. The van der Waals surface area contributed by atoms with Crippen molar-refractivity contribution in [3.63, 3.8) is 0 Å². The van der Waals surface area contributed by atoms with E-state index in [1.54, 1.807) is 6.92 Å². The van der Waals surface area contributed by atoms with Gasteiger partial charge in [-0.15, -0.1) is 0 Å². The van der Waals surface area contributed by atoms with Crippen LogP contribution in [0.3, 0.4) is 0 Å². The number of alkyl halides is 3. The Bertz CT molecular complexity index is 1300. The summed E-state index contributed by atoms with van der Waals surface area (Å²) in [5.41, 5.74) is 6.17. The van der Waals surface area contributed by atoms with Crippen LogP contribution in [0.4, 0.5) is 24.7 Å². The van der Waals surface area contributed by atoms with Gasteiger partial charge >= 0.3 is 6.18 Å². The van der Waals surface area contributed by atoms with Crippen LogP contribution in [0.15, 0.2) is 24.3 Å². The molecular weight excluding hydrogens is 503 g/mol. The quantitative estimate of drug-likeness (QED) is 0.365. The number of hydrogen-bond donors (Lipinski definition) is 2. The molecule has 2 aromatic heterocycles. The van der Waals surface area contributed by atoms with Gasteiger partial charge in [-0.3, -0.25) is 4.79 Å². The molecule has 3 N–H and O–H groups in total. The van der Waals surface area contributed by atoms with Crippen LogP contribution in [0.25, 0.3) is 0 Å². The van der Waals surface area contributed by atoms with Gasteiger partial charge in [0.25, 0.3) is 5.91 Å². The normalized spacial score (nSPS) is 13.8. The number of anilines is 2. The number of nitrogens with two attached hydrogens (primary N) is 1. The van der Waals surface area contributed by atoms with Gasteiger partial charge in [0.05, 0.1) is 50.7 Å². The predicted octanol–water partition coefficient (Wildman–Crippen LogP) is 3.87. The molecule has 4 rings (SSSR count). The van der Waals surface area contributed by atoms with E-state index in [1.807, 2.05) is 0 Å². The summed E-state index contributed by atoms with van der Waals surface area (Å²) in [7, 11) is 2.80. The first-order valence-corrected chi connectivity index (χ1v) is 10.9. The number of nitrogens with one attached hydrogen (secondary N) is 1. The second-order valence-electron chi connectivity index (χ2n) is 7.96. The van der Waals surface area contributed by atoms with Crippen LogP contribution < -0.4 is 20.5 Å². The number of amides is 1. The van der Waals surface area contributed by atoms with Crippen LogP contribution in [0.1, 0.15) is 46.0 Å². The number of hydrogen-bond acceptors (Lipinski definition) is 9. The molecule has 1 aromatic carbocycles. The number of ether oxygens (including phenoxy) is 2. The van der Waals surface area contributed by atoms with E-state index in [-0.39, 0.29) is 47.5 Å². The average molecular weight is 524 g/mol. The molecule has 0 fully saturated rings. The Hall–Kier alpha value is -3.87. The number of fused-ring (bicyclic) bond motifs is 1. The number of rotatable bonds is 6. The number of nitrogens with zero attached hydrogens (tertiary/aromatic N) is 5. The summed E-state index contributed by atoms with van der Waals surface area (Å²) in [6.45, 7) is 1.85. The van der Waals surface area contributed by atoms with Crippen LogP contribution in [-0.4, -0.2) is 45.0 Å². The highest BCUT2D eigenvalue weighted by molar-refractivity contribution is 6.28. The molecule has 0 spiro atoms. The molecule has 0 saturated carbocycles. The Kier molecular flexibility index (Phi) is 6.76. The number of methoxy groups -OCH3 is 2. The van der Waals surface area contributed by atoms with Crippen molar-refractivity contribution in [3.05, 3.63) is 57.8 Å². The highest BCUT2D eigenvalue weighted by Gasteiger charge is 2.33. The molecule has 14 heteroatoms. The van der Waals surface area contributed by atoms with E-state index < -0.39 is 23.7 Å². The van der Waals surface area contributed by atoms with Crippen molar-refractivity contribution in [1.29, 1.82) is 0 Å². The first kappa shape index (κ1) is 25.2. The van der Waals surface area contributed by atoms with E-state index in [0.717, 1.165) is 12.1 Å². The summed E-state index contributed by atoms with van der Waals surface area (Å²) in [5, 5.41) is 2.99. The Labute approximate surface area is 208 Å². The third-order valence-electron chi connectivity index (χ3n) is 5.49. The summed E-state index contributed by atoms with van der Waals surface area (Å²) < 4.78 is 49.9. The minimum atomic E-state index is -4.55. The minimum Gasteiger partial charge on any atom is -0.481 e. The fraction of sp³-hybridized carbons (Fsp3) is 0.318. The summed E-state index contributed by atoms with van der Waals surface area (Å²) in [4.78, 5) is 31.1. The number of carbonyl (C=O) groups is 1. The standard InChI is InChI=1S/C22H21ClF3N7O3/c1-10(11-4-12(22(24,25)26)6-13(27)5-11)28-18-14-8-33(9-15(14)29-21(23)32-18)20(34)19-30-16(35-2)7-17(31-19)36-3/h4-7,10H,8-9,27H2,1-3H3,(H,28,29,32)/t10-/m1/s1. The second-order valence-corrected chi connectivity index (χ2v) is 8.29. The van der Waals surface area contributed by atoms with Crippen LogP contribution >= 0.6 is 11.6 Å². The van der Waals surface area contributed by atoms with Gasteiger partial charge in [0.2, 0.25) is 22.9 Å². The fourth-order valence-corrected chi connectivity index (χ4v) is 3.90. The van der Waals surface area contributed by atoms with Crippen molar-refractivity contribution in [2.75, 3.05) is 25.3 Å². The second kappa shape index (κ2) is 9.64. The monoisotopic (exact) mass is 523 g/mol. The molecule has 0 bridgehead atoms. The molecule has 1 aliphatic rings. The summed E-state index contributed by atoms with van der Waals surface area (Å²) >= 11 is 6.10. The number of nitrogen functional groups attached to an aromatic ring is 1. The third kappa shape index (κ3) is 5.20. The van der Waals surface area contributed by atoms with Gasteiger partial charge in [-0.2, -0.15) is 23.1 Å². The molecule has 1 aliphatic heterocycles. The lowest BCUT2D eigenvalue weighted by atomic mass is 10.0. The third-order valence-corrected chi connectivity index (χ3v) is 5.66. The average Bonchev–Trinajstić information content (AvgIpc) is 3.26. The van der Waals surface area contributed by atoms with Gasteiger partial charge < -0.3 is 25.4 Å². The highest BCUT2D eigenvalue weighted by atomic mass is 35.5. The van der Waals surface area contributed by atoms with E-state index >= 15 is 0 Å². The zero-order chi connectivity index (χ0) is 26.2. The molecule has 36 heavy (non-hydrogen) atoms. The molecule has 0 unspecified atom stereocenters. The SMILES string of the molecule is COc1cc(OC)nc(C(=O)N2Cc3nc(Cl)nc(N[C@H](C)c4cc(N)cc(C(F)(F)F)c4)c3C2)n1.